The van der Waals surface area contributed by atoms with E-state index >= 15 is 0 Å². The van der Waals surface area contributed by atoms with Gasteiger partial charge in [0.1, 0.15) is 0 Å². The number of hydrogen-bond acceptors (Lipinski definition) is 3. The average molecular weight is 152 g/mol. The van der Waals surface area contributed by atoms with E-state index in [4.69, 9.17) is 0 Å². The van der Waals surface area contributed by atoms with Gasteiger partial charge in [0.2, 0.25) is 11.6 Å². The van der Waals surface area contributed by atoms with Gasteiger partial charge in [0, 0.05) is 0 Å². The lowest BCUT2D eigenvalue weighted by molar-refractivity contribution is -0.144. The van der Waals surface area contributed by atoms with Gasteiger partial charge in [-0.1, -0.05) is 0 Å². The van der Waals surface area contributed by atoms with Crippen LogP contribution in [-0.4, -0.2) is 17.3 Å². The van der Waals surface area contributed by atoms with Gasteiger partial charge in [0.25, 0.3) is 0 Å². The van der Waals surface area contributed by atoms with Crippen LogP contribution in [0.5, 0.6) is 0 Å². The monoisotopic (exact) mass is 152 g/mol. The Morgan fingerprint density at radius 1 is 1.09 bits per heavy atom. The van der Waals surface area contributed by atoms with Crippen molar-refractivity contribution in [3.63, 3.8) is 0 Å². The Bertz CT molecular complexity index is 271. The molecule has 0 spiro atoms. The summed E-state index contributed by atoms with van der Waals surface area (Å²) >= 11 is 0. The summed E-state index contributed by atoms with van der Waals surface area (Å²) in [4.78, 5) is 32.8. The Labute approximate surface area is 64.1 Å². The number of hydrogen-bond donors (Lipinski definition) is 0. The Hall–Kier alpha value is -1.25. The highest BCUT2D eigenvalue weighted by Crippen LogP contribution is 2.22. The molecule has 0 heterocycles. The second-order valence-electron chi connectivity index (χ2n) is 3.02. The normalized spacial score (nSPS) is 22.5. The van der Waals surface area contributed by atoms with Crippen molar-refractivity contribution >= 4 is 17.3 Å². The Morgan fingerprint density at radius 2 is 1.64 bits per heavy atom. The second kappa shape index (κ2) is 2.12. The smallest absolute Gasteiger partial charge is 0.222 e. The summed E-state index contributed by atoms with van der Waals surface area (Å²) in [6, 6.07) is 0. The van der Waals surface area contributed by atoms with Gasteiger partial charge in [0.15, 0.2) is 5.78 Å². The van der Waals surface area contributed by atoms with Gasteiger partial charge in [-0.15, -0.1) is 0 Å². The van der Waals surface area contributed by atoms with E-state index in [1.165, 1.54) is 13.8 Å². The molecule has 0 amide bonds. The van der Waals surface area contributed by atoms with Crippen LogP contribution in [0.4, 0.5) is 0 Å². The van der Waals surface area contributed by atoms with E-state index in [1.54, 1.807) is 0 Å². The zero-order valence-electron chi connectivity index (χ0n) is 6.38. The molecule has 3 nitrogen and oxygen atoms in total. The third kappa shape index (κ3) is 1.02. The van der Waals surface area contributed by atoms with Crippen LogP contribution < -0.4 is 0 Å². The fourth-order valence-corrected chi connectivity index (χ4v) is 0.855. The number of rotatable bonds is 0. The first-order valence-corrected chi connectivity index (χ1v) is 3.27. The van der Waals surface area contributed by atoms with E-state index in [2.05, 4.69) is 0 Å². The predicted molar refractivity (Wildman–Crippen MR) is 37.9 cm³/mol. The van der Waals surface area contributed by atoms with Crippen molar-refractivity contribution in [2.24, 2.45) is 5.41 Å². The molecular weight excluding hydrogens is 144 g/mol. The summed E-state index contributed by atoms with van der Waals surface area (Å²) in [5.74, 6) is -1.51. The molecule has 0 aromatic heterocycles. The van der Waals surface area contributed by atoms with Gasteiger partial charge in [-0.3, -0.25) is 14.4 Å². The third-order valence-corrected chi connectivity index (χ3v) is 1.79. The van der Waals surface area contributed by atoms with Crippen LogP contribution in [-0.2, 0) is 14.4 Å². The first-order valence-electron chi connectivity index (χ1n) is 3.27. The second-order valence-corrected chi connectivity index (χ2v) is 3.02. The van der Waals surface area contributed by atoms with Crippen LogP contribution in [0.1, 0.15) is 13.8 Å². The van der Waals surface area contributed by atoms with E-state index in [0.717, 1.165) is 12.2 Å². The molecular formula is C8H8O3. The number of carbonyl (C=O) groups is 3. The lowest BCUT2D eigenvalue weighted by Gasteiger charge is -2.20. The van der Waals surface area contributed by atoms with Gasteiger partial charge >= 0.3 is 0 Å². The summed E-state index contributed by atoms with van der Waals surface area (Å²) in [7, 11) is 0. The third-order valence-electron chi connectivity index (χ3n) is 1.79. The molecule has 0 aromatic rings. The summed E-state index contributed by atoms with van der Waals surface area (Å²) in [5, 5.41) is 0. The van der Waals surface area contributed by atoms with Crippen LogP contribution >= 0.6 is 0 Å². The van der Waals surface area contributed by atoms with Crippen molar-refractivity contribution < 1.29 is 14.4 Å². The molecule has 1 aliphatic rings. The van der Waals surface area contributed by atoms with Gasteiger partial charge < -0.3 is 0 Å². The molecule has 0 bridgehead atoms. The van der Waals surface area contributed by atoms with Crippen LogP contribution in [0.3, 0.4) is 0 Å². The van der Waals surface area contributed by atoms with E-state index in [9.17, 15) is 14.4 Å². The summed E-state index contributed by atoms with van der Waals surface area (Å²) in [6.45, 7) is 2.91. The van der Waals surface area contributed by atoms with Gasteiger partial charge in [0.05, 0.1) is 5.41 Å². The van der Waals surface area contributed by atoms with E-state index in [0.29, 0.717) is 0 Å². The molecule has 0 unspecified atom stereocenters. The zero-order valence-corrected chi connectivity index (χ0v) is 6.38. The highest BCUT2D eigenvalue weighted by Gasteiger charge is 2.40. The SMILES string of the molecule is CC1(C)C(=O)C=CC(=O)C1=O. The summed E-state index contributed by atoms with van der Waals surface area (Å²) in [5.41, 5.74) is -1.15. The highest BCUT2D eigenvalue weighted by atomic mass is 16.2. The number of ketones is 3. The molecule has 0 saturated carbocycles. The fourth-order valence-electron chi connectivity index (χ4n) is 0.855. The molecule has 0 aromatic carbocycles. The maximum Gasteiger partial charge on any atom is 0.222 e. The van der Waals surface area contributed by atoms with Crippen LogP contribution in [0.2, 0.25) is 0 Å². The number of Topliss-reactive ketones (excluding diaryl/α,β-unsaturated/α-hetero) is 1. The summed E-state index contributed by atoms with van der Waals surface area (Å²) in [6.07, 6.45) is 2.18. The van der Waals surface area contributed by atoms with Crippen molar-refractivity contribution in [2.45, 2.75) is 13.8 Å². The van der Waals surface area contributed by atoms with E-state index in [-0.39, 0.29) is 5.78 Å². The Morgan fingerprint density at radius 3 is 2.09 bits per heavy atom. The molecule has 0 N–H and O–H groups in total. The maximum absolute atomic E-state index is 11.0. The molecule has 0 saturated heterocycles. The van der Waals surface area contributed by atoms with Crippen molar-refractivity contribution in [1.82, 2.24) is 0 Å². The van der Waals surface area contributed by atoms with Crippen molar-refractivity contribution in [3.8, 4) is 0 Å². The molecule has 0 atom stereocenters. The first kappa shape index (κ1) is 7.85. The Kier molecular flexibility index (Phi) is 1.51. The standard InChI is InChI=1S/C8H8O3/c1-8(2)6(10)4-3-5(9)7(8)11/h3-4H,1-2H3. The predicted octanol–water partition coefficient (Wildman–Crippen LogP) is 0.290. The van der Waals surface area contributed by atoms with Crippen LogP contribution in [0.25, 0.3) is 0 Å². The summed E-state index contributed by atoms with van der Waals surface area (Å²) < 4.78 is 0. The largest absolute Gasteiger partial charge is 0.294 e. The number of carbonyl (C=O) groups excluding carboxylic acids is 3. The zero-order chi connectivity index (χ0) is 8.65. The number of allylic oxidation sites excluding steroid dienone is 2. The molecule has 0 radical (unpaired) electrons. The van der Waals surface area contributed by atoms with Crippen LogP contribution in [0, 0.1) is 5.41 Å². The van der Waals surface area contributed by atoms with Crippen molar-refractivity contribution in [2.75, 3.05) is 0 Å². The first-order chi connectivity index (χ1) is 4.96. The minimum atomic E-state index is -1.15. The van der Waals surface area contributed by atoms with Crippen molar-refractivity contribution in [1.29, 1.82) is 0 Å². The minimum Gasteiger partial charge on any atom is -0.294 e. The Balaban J connectivity index is 3.18. The van der Waals surface area contributed by atoms with E-state index in [1.807, 2.05) is 0 Å². The topological polar surface area (TPSA) is 51.2 Å². The van der Waals surface area contributed by atoms with E-state index < -0.39 is 17.0 Å². The molecule has 3 heteroatoms. The molecule has 0 fully saturated rings. The lowest BCUT2D eigenvalue weighted by Crippen LogP contribution is -2.39. The quantitative estimate of drug-likeness (QED) is 0.370. The molecule has 1 rings (SSSR count). The van der Waals surface area contributed by atoms with Crippen molar-refractivity contribution in [3.05, 3.63) is 12.2 Å². The van der Waals surface area contributed by atoms with Gasteiger partial charge in [-0.05, 0) is 26.0 Å². The lowest BCUT2D eigenvalue weighted by atomic mass is 9.78. The molecule has 0 aliphatic heterocycles. The molecule has 11 heavy (non-hydrogen) atoms. The average Bonchev–Trinajstić information content (AvgIpc) is 1.95. The van der Waals surface area contributed by atoms with Crippen LogP contribution in [0.15, 0.2) is 12.2 Å². The fraction of sp³-hybridized carbons (Fsp3) is 0.375. The van der Waals surface area contributed by atoms with Gasteiger partial charge in [-0.25, -0.2) is 0 Å². The molecule has 58 valence electrons. The highest BCUT2D eigenvalue weighted by molar-refractivity contribution is 6.49. The molecule has 1 aliphatic carbocycles. The van der Waals surface area contributed by atoms with Gasteiger partial charge in [-0.2, -0.15) is 0 Å². The maximum atomic E-state index is 11.0. The minimum absolute atomic E-state index is 0.304.